The summed E-state index contributed by atoms with van der Waals surface area (Å²) in [5, 5.41) is 14.7. The SMILES string of the molecule is CCNC(C)c1nnc(NC2CCC(C)CC2)o1. The van der Waals surface area contributed by atoms with Gasteiger partial charge in [-0.1, -0.05) is 18.9 Å². The van der Waals surface area contributed by atoms with Gasteiger partial charge in [-0.25, -0.2) is 0 Å². The highest BCUT2D eigenvalue weighted by Crippen LogP contribution is 2.26. The molecule has 102 valence electrons. The summed E-state index contributed by atoms with van der Waals surface area (Å²) in [5.41, 5.74) is 0. The first kappa shape index (κ1) is 13.3. The molecule has 0 radical (unpaired) electrons. The lowest BCUT2D eigenvalue weighted by Gasteiger charge is -2.25. The first-order valence-electron chi connectivity index (χ1n) is 7.02. The van der Waals surface area contributed by atoms with Crippen molar-refractivity contribution in [2.24, 2.45) is 5.92 Å². The molecule has 2 rings (SSSR count). The topological polar surface area (TPSA) is 63.0 Å². The van der Waals surface area contributed by atoms with Crippen molar-refractivity contribution in [3.05, 3.63) is 5.89 Å². The Hall–Kier alpha value is -1.10. The van der Waals surface area contributed by atoms with Crippen molar-refractivity contribution in [3.8, 4) is 0 Å². The van der Waals surface area contributed by atoms with E-state index in [1.807, 2.05) is 6.92 Å². The van der Waals surface area contributed by atoms with Gasteiger partial charge in [-0.3, -0.25) is 0 Å². The quantitative estimate of drug-likeness (QED) is 0.843. The molecule has 18 heavy (non-hydrogen) atoms. The molecule has 1 fully saturated rings. The normalized spacial score (nSPS) is 25.9. The van der Waals surface area contributed by atoms with Crippen LogP contribution in [-0.4, -0.2) is 22.8 Å². The lowest BCUT2D eigenvalue weighted by molar-refractivity contribution is 0.353. The van der Waals surface area contributed by atoms with Gasteiger partial charge in [-0.05, 0) is 45.1 Å². The summed E-state index contributed by atoms with van der Waals surface area (Å²) in [7, 11) is 0. The van der Waals surface area contributed by atoms with Crippen molar-refractivity contribution in [2.75, 3.05) is 11.9 Å². The minimum absolute atomic E-state index is 0.115. The molecule has 1 aliphatic rings. The van der Waals surface area contributed by atoms with Gasteiger partial charge < -0.3 is 15.1 Å². The molecule has 1 unspecified atom stereocenters. The van der Waals surface area contributed by atoms with E-state index in [4.69, 9.17) is 4.42 Å². The Morgan fingerprint density at radius 2 is 2.00 bits per heavy atom. The third kappa shape index (κ3) is 3.45. The Morgan fingerprint density at radius 1 is 1.28 bits per heavy atom. The van der Waals surface area contributed by atoms with Gasteiger partial charge in [0.05, 0.1) is 6.04 Å². The van der Waals surface area contributed by atoms with Crippen molar-refractivity contribution in [1.82, 2.24) is 15.5 Å². The molecule has 0 aliphatic heterocycles. The molecule has 5 heteroatoms. The largest absolute Gasteiger partial charge is 0.406 e. The summed E-state index contributed by atoms with van der Waals surface area (Å²) in [6.07, 6.45) is 4.96. The zero-order chi connectivity index (χ0) is 13.0. The fraction of sp³-hybridized carbons (Fsp3) is 0.846. The number of aromatic nitrogens is 2. The summed E-state index contributed by atoms with van der Waals surface area (Å²) >= 11 is 0. The zero-order valence-corrected chi connectivity index (χ0v) is 11.6. The number of nitrogens with one attached hydrogen (secondary N) is 2. The van der Waals surface area contributed by atoms with E-state index in [2.05, 4.69) is 34.7 Å². The highest BCUT2D eigenvalue weighted by atomic mass is 16.4. The molecule has 1 aromatic rings. The molecule has 0 aromatic carbocycles. The maximum atomic E-state index is 5.63. The molecule has 0 spiro atoms. The second-order valence-electron chi connectivity index (χ2n) is 5.33. The van der Waals surface area contributed by atoms with Crippen LogP contribution in [0.4, 0.5) is 6.01 Å². The fourth-order valence-electron chi connectivity index (χ4n) is 2.44. The van der Waals surface area contributed by atoms with Crippen LogP contribution in [0.25, 0.3) is 0 Å². The summed E-state index contributed by atoms with van der Waals surface area (Å²) in [5.74, 6) is 1.51. The summed E-state index contributed by atoms with van der Waals surface area (Å²) in [6.45, 7) is 7.31. The monoisotopic (exact) mass is 252 g/mol. The Bertz CT molecular complexity index is 358. The first-order chi connectivity index (χ1) is 8.69. The second kappa shape index (κ2) is 6.18. The predicted octanol–water partition coefficient (Wildman–Crippen LogP) is 2.73. The number of nitrogens with zero attached hydrogens (tertiary/aromatic N) is 2. The second-order valence-corrected chi connectivity index (χ2v) is 5.33. The van der Waals surface area contributed by atoms with Crippen LogP contribution in [0.1, 0.15) is 58.4 Å². The summed E-state index contributed by atoms with van der Waals surface area (Å²) in [4.78, 5) is 0. The van der Waals surface area contributed by atoms with Crippen molar-refractivity contribution in [2.45, 2.75) is 58.5 Å². The van der Waals surface area contributed by atoms with Gasteiger partial charge >= 0.3 is 6.01 Å². The van der Waals surface area contributed by atoms with Crippen molar-refractivity contribution < 1.29 is 4.42 Å². The molecule has 1 heterocycles. The van der Waals surface area contributed by atoms with E-state index in [-0.39, 0.29) is 6.04 Å². The fourth-order valence-corrected chi connectivity index (χ4v) is 2.44. The lowest BCUT2D eigenvalue weighted by atomic mass is 9.87. The number of hydrogen-bond acceptors (Lipinski definition) is 5. The molecule has 1 aliphatic carbocycles. The highest BCUT2D eigenvalue weighted by Gasteiger charge is 2.20. The molecule has 0 amide bonds. The van der Waals surface area contributed by atoms with Gasteiger partial charge in [-0.2, -0.15) is 0 Å². The van der Waals surface area contributed by atoms with Crippen LogP contribution >= 0.6 is 0 Å². The third-order valence-corrected chi connectivity index (χ3v) is 3.66. The summed E-state index contributed by atoms with van der Waals surface area (Å²) in [6, 6.07) is 1.17. The minimum Gasteiger partial charge on any atom is -0.406 e. The smallest absolute Gasteiger partial charge is 0.315 e. The lowest BCUT2D eigenvalue weighted by Crippen LogP contribution is -2.25. The van der Waals surface area contributed by atoms with Gasteiger partial charge in [0.15, 0.2) is 0 Å². The van der Waals surface area contributed by atoms with Crippen molar-refractivity contribution in [3.63, 3.8) is 0 Å². The van der Waals surface area contributed by atoms with E-state index in [9.17, 15) is 0 Å². The van der Waals surface area contributed by atoms with E-state index >= 15 is 0 Å². The maximum absolute atomic E-state index is 5.63. The molecular formula is C13H24N4O. The predicted molar refractivity (Wildman–Crippen MR) is 71.4 cm³/mol. The molecule has 2 N–H and O–H groups in total. The molecule has 1 saturated carbocycles. The Balaban J connectivity index is 1.86. The average Bonchev–Trinajstić information content (AvgIpc) is 2.81. The van der Waals surface area contributed by atoms with Crippen LogP contribution in [0, 0.1) is 5.92 Å². The Morgan fingerprint density at radius 3 is 2.67 bits per heavy atom. The average molecular weight is 252 g/mol. The number of anilines is 1. The Kier molecular flexibility index (Phi) is 4.58. The van der Waals surface area contributed by atoms with E-state index < -0.39 is 0 Å². The first-order valence-corrected chi connectivity index (χ1v) is 7.02. The van der Waals surface area contributed by atoms with E-state index in [0.717, 1.165) is 12.5 Å². The zero-order valence-electron chi connectivity index (χ0n) is 11.6. The van der Waals surface area contributed by atoms with Gasteiger partial charge in [0, 0.05) is 6.04 Å². The van der Waals surface area contributed by atoms with Crippen LogP contribution < -0.4 is 10.6 Å². The van der Waals surface area contributed by atoms with E-state index in [0.29, 0.717) is 17.9 Å². The molecular weight excluding hydrogens is 228 g/mol. The van der Waals surface area contributed by atoms with Crippen molar-refractivity contribution >= 4 is 6.01 Å². The highest BCUT2D eigenvalue weighted by molar-refractivity contribution is 5.20. The van der Waals surface area contributed by atoms with Gasteiger partial charge in [0.25, 0.3) is 0 Å². The van der Waals surface area contributed by atoms with Crippen molar-refractivity contribution in [1.29, 1.82) is 0 Å². The van der Waals surface area contributed by atoms with Crippen LogP contribution in [0.2, 0.25) is 0 Å². The molecule has 5 nitrogen and oxygen atoms in total. The van der Waals surface area contributed by atoms with Crippen LogP contribution in [0.15, 0.2) is 4.42 Å². The van der Waals surface area contributed by atoms with Crippen LogP contribution in [0.5, 0.6) is 0 Å². The minimum atomic E-state index is 0.115. The third-order valence-electron chi connectivity index (χ3n) is 3.66. The Labute approximate surface area is 109 Å². The van der Waals surface area contributed by atoms with E-state index in [1.54, 1.807) is 0 Å². The van der Waals surface area contributed by atoms with Gasteiger partial charge in [0.2, 0.25) is 5.89 Å². The van der Waals surface area contributed by atoms with E-state index in [1.165, 1.54) is 25.7 Å². The molecule has 1 atom stereocenters. The molecule has 0 bridgehead atoms. The molecule has 0 saturated heterocycles. The van der Waals surface area contributed by atoms with Gasteiger partial charge in [0.1, 0.15) is 0 Å². The molecule has 1 aromatic heterocycles. The summed E-state index contributed by atoms with van der Waals surface area (Å²) < 4.78 is 5.63. The number of rotatable bonds is 5. The number of hydrogen-bond donors (Lipinski definition) is 2. The van der Waals surface area contributed by atoms with Crippen LogP contribution in [-0.2, 0) is 0 Å². The maximum Gasteiger partial charge on any atom is 0.315 e. The van der Waals surface area contributed by atoms with Crippen LogP contribution in [0.3, 0.4) is 0 Å². The van der Waals surface area contributed by atoms with Gasteiger partial charge in [-0.15, -0.1) is 5.10 Å². The standard InChI is InChI=1S/C13H24N4O/c1-4-14-10(3)12-16-17-13(18-12)15-11-7-5-9(2)6-8-11/h9-11,14H,4-8H2,1-3H3,(H,15,17).